The molecule has 0 heterocycles. The number of rotatable bonds is 4. The van der Waals surface area contributed by atoms with Gasteiger partial charge in [0.15, 0.2) is 0 Å². The molecule has 2 heteroatoms. The molecule has 1 fully saturated rings. The van der Waals surface area contributed by atoms with Crippen molar-refractivity contribution in [2.24, 2.45) is 11.8 Å². The maximum atomic E-state index is 10.9. The summed E-state index contributed by atoms with van der Waals surface area (Å²) >= 11 is 0. The molecule has 2 nitrogen and oxygen atoms in total. The number of carboxylic acid groups (broad SMARTS) is 1. The van der Waals surface area contributed by atoms with Crippen LogP contribution in [-0.4, -0.2) is 11.1 Å². The molecule has 1 aliphatic carbocycles. The largest absolute Gasteiger partial charge is 0.481 e. The zero-order chi connectivity index (χ0) is 8.97. The van der Waals surface area contributed by atoms with Gasteiger partial charge in [0.25, 0.3) is 0 Å². The van der Waals surface area contributed by atoms with Crippen LogP contribution in [0.5, 0.6) is 0 Å². The highest BCUT2D eigenvalue weighted by atomic mass is 16.4. The van der Waals surface area contributed by atoms with Crippen LogP contribution in [0.3, 0.4) is 0 Å². The first-order valence-electron chi connectivity index (χ1n) is 4.98. The molecule has 0 aromatic carbocycles. The van der Waals surface area contributed by atoms with Crippen LogP contribution in [0.15, 0.2) is 0 Å². The molecule has 70 valence electrons. The van der Waals surface area contributed by atoms with E-state index in [0.717, 1.165) is 25.7 Å². The molecule has 0 spiro atoms. The quantitative estimate of drug-likeness (QED) is 0.704. The van der Waals surface area contributed by atoms with E-state index in [0.29, 0.717) is 5.92 Å². The van der Waals surface area contributed by atoms with Crippen molar-refractivity contribution >= 4 is 5.97 Å². The van der Waals surface area contributed by atoms with Crippen LogP contribution in [0.25, 0.3) is 0 Å². The first kappa shape index (κ1) is 9.56. The van der Waals surface area contributed by atoms with E-state index in [1.165, 1.54) is 12.8 Å². The first-order chi connectivity index (χ1) is 5.75. The molecule has 1 rings (SSSR count). The van der Waals surface area contributed by atoms with Gasteiger partial charge in [-0.05, 0) is 25.2 Å². The minimum Gasteiger partial charge on any atom is -0.481 e. The third kappa shape index (κ3) is 2.23. The Hall–Kier alpha value is -0.530. The predicted molar refractivity (Wildman–Crippen MR) is 48.0 cm³/mol. The van der Waals surface area contributed by atoms with E-state index < -0.39 is 5.97 Å². The lowest BCUT2D eigenvalue weighted by Gasteiger charge is -2.17. The highest BCUT2D eigenvalue weighted by Crippen LogP contribution is 2.33. The molecule has 0 unspecified atom stereocenters. The Balaban J connectivity index is 2.45. The van der Waals surface area contributed by atoms with Gasteiger partial charge < -0.3 is 5.11 Å². The van der Waals surface area contributed by atoms with E-state index in [2.05, 4.69) is 6.92 Å². The van der Waals surface area contributed by atoms with Crippen molar-refractivity contribution in [2.75, 3.05) is 0 Å². The zero-order valence-electron chi connectivity index (χ0n) is 7.75. The van der Waals surface area contributed by atoms with Crippen molar-refractivity contribution in [3.63, 3.8) is 0 Å². The molecule has 12 heavy (non-hydrogen) atoms. The van der Waals surface area contributed by atoms with Crippen LogP contribution >= 0.6 is 0 Å². The molecule has 1 saturated carbocycles. The molecule has 0 saturated heterocycles. The third-order valence-corrected chi connectivity index (χ3v) is 2.89. The second-order valence-corrected chi connectivity index (χ2v) is 3.78. The maximum absolute atomic E-state index is 10.9. The van der Waals surface area contributed by atoms with E-state index in [4.69, 9.17) is 5.11 Å². The Morgan fingerprint density at radius 2 is 2.08 bits per heavy atom. The van der Waals surface area contributed by atoms with E-state index in [1.807, 2.05) is 0 Å². The van der Waals surface area contributed by atoms with Gasteiger partial charge in [-0.3, -0.25) is 4.79 Å². The van der Waals surface area contributed by atoms with Crippen LogP contribution in [0.1, 0.15) is 45.4 Å². The van der Waals surface area contributed by atoms with Gasteiger partial charge in [-0.15, -0.1) is 0 Å². The topological polar surface area (TPSA) is 37.3 Å². The number of carboxylic acids is 1. The van der Waals surface area contributed by atoms with Gasteiger partial charge in [0, 0.05) is 0 Å². The normalized spacial score (nSPS) is 21.1. The van der Waals surface area contributed by atoms with Gasteiger partial charge >= 0.3 is 5.97 Å². The fourth-order valence-electron chi connectivity index (χ4n) is 2.23. The summed E-state index contributed by atoms with van der Waals surface area (Å²) in [5.74, 6) is -0.163. The Bertz CT molecular complexity index is 148. The van der Waals surface area contributed by atoms with Gasteiger partial charge in [-0.25, -0.2) is 0 Å². The van der Waals surface area contributed by atoms with Crippen molar-refractivity contribution in [2.45, 2.75) is 45.4 Å². The highest BCUT2D eigenvalue weighted by molar-refractivity contribution is 5.70. The maximum Gasteiger partial charge on any atom is 0.306 e. The number of hydrogen-bond donors (Lipinski definition) is 1. The fourth-order valence-corrected chi connectivity index (χ4v) is 2.23. The van der Waals surface area contributed by atoms with Crippen molar-refractivity contribution in [3.8, 4) is 0 Å². The number of aliphatic carboxylic acids is 1. The van der Waals surface area contributed by atoms with Crippen LogP contribution in [0, 0.1) is 11.8 Å². The van der Waals surface area contributed by atoms with Crippen molar-refractivity contribution < 1.29 is 9.90 Å². The summed E-state index contributed by atoms with van der Waals surface area (Å²) in [6.07, 6.45) is 6.59. The summed E-state index contributed by atoms with van der Waals surface area (Å²) in [6.45, 7) is 2.06. The Morgan fingerprint density at radius 3 is 2.50 bits per heavy atom. The molecule has 0 amide bonds. The Morgan fingerprint density at radius 1 is 1.50 bits per heavy atom. The lowest BCUT2D eigenvalue weighted by Crippen LogP contribution is -2.21. The minimum atomic E-state index is -0.580. The van der Waals surface area contributed by atoms with Crippen LogP contribution in [0.4, 0.5) is 0 Å². The van der Waals surface area contributed by atoms with Gasteiger partial charge in [-0.2, -0.15) is 0 Å². The van der Waals surface area contributed by atoms with Crippen LogP contribution < -0.4 is 0 Å². The molecule has 0 bridgehead atoms. The lowest BCUT2D eigenvalue weighted by atomic mass is 9.87. The molecule has 1 aliphatic rings. The molecule has 0 aliphatic heterocycles. The summed E-state index contributed by atoms with van der Waals surface area (Å²) in [4.78, 5) is 10.9. The molecule has 0 aromatic heterocycles. The molecular formula is C10H18O2. The smallest absolute Gasteiger partial charge is 0.306 e. The molecule has 0 aromatic rings. The van der Waals surface area contributed by atoms with Gasteiger partial charge in [0.2, 0.25) is 0 Å². The Kier molecular flexibility index (Phi) is 3.57. The minimum absolute atomic E-state index is 0.0579. The second kappa shape index (κ2) is 4.48. The van der Waals surface area contributed by atoms with E-state index >= 15 is 0 Å². The summed E-state index contributed by atoms with van der Waals surface area (Å²) < 4.78 is 0. The van der Waals surface area contributed by atoms with E-state index in [-0.39, 0.29) is 5.92 Å². The first-order valence-corrected chi connectivity index (χ1v) is 4.98. The monoisotopic (exact) mass is 170 g/mol. The number of hydrogen-bond acceptors (Lipinski definition) is 1. The van der Waals surface area contributed by atoms with Crippen molar-refractivity contribution in [1.29, 1.82) is 0 Å². The third-order valence-electron chi connectivity index (χ3n) is 2.89. The predicted octanol–water partition coefficient (Wildman–Crippen LogP) is 2.68. The van der Waals surface area contributed by atoms with E-state index in [9.17, 15) is 4.79 Å². The second-order valence-electron chi connectivity index (χ2n) is 3.78. The molecule has 1 atom stereocenters. The molecule has 1 N–H and O–H groups in total. The Labute approximate surface area is 74.0 Å². The summed E-state index contributed by atoms with van der Waals surface area (Å²) in [7, 11) is 0. The number of carbonyl (C=O) groups is 1. The van der Waals surface area contributed by atoms with E-state index in [1.54, 1.807) is 0 Å². The average molecular weight is 170 g/mol. The van der Waals surface area contributed by atoms with Crippen LogP contribution in [0.2, 0.25) is 0 Å². The molecule has 0 radical (unpaired) electrons. The lowest BCUT2D eigenvalue weighted by molar-refractivity contribution is -0.143. The summed E-state index contributed by atoms with van der Waals surface area (Å²) in [6, 6.07) is 0. The van der Waals surface area contributed by atoms with Gasteiger partial charge in [0.05, 0.1) is 5.92 Å². The zero-order valence-corrected chi connectivity index (χ0v) is 7.75. The van der Waals surface area contributed by atoms with Crippen LogP contribution in [-0.2, 0) is 4.79 Å². The summed E-state index contributed by atoms with van der Waals surface area (Å²) in [5, 5.41) is 8.96. The standard InChI is InChI=1S/C10H18O2/c1-2-5-9(10(11)12)8-6-3-4-7-8/h8-9H,2-7H2,1H3,(H,11,12)/t9-/m0/s1. The SMILES string of the molecule is CCC[C@H](C(=O)O)C1CCCC1. The average Bonchev–Trinajstić information content (AvgIpc) is 2.51. The summed E-state index contributed by atoms with van der Waals surface area (Å²) in [5.41, 5.74) is 0. The fraction of sp³-hybridized carbons (Fsp3) is 0.900. The highest BCUT2D eigenvalue weighted by Gasteiger charge is 2.29. The van der Waals surface area contributed by atoms with Gasteiger partial charge in [-0.1, -0.05) is 26.2 Å². The van der Waals surface area contributed by atoms with Gasteiger partial charge in [0.1, 0.15) is 0 Å². The van der Waals surface area contributed by atoms with Crippen molar-refractivity contribution in [1.82, 2.24) is 0 Å². The molecular weight excluding hydrogens is 152 g/mol. The van der Waals surface area contributed by atoms with Crippen molar-refractivity contribution in [3.05, 3.63) is 0 Å².